The molecule has 0 saturated heterocycles. The Morgan fingerprint density at radius 2 is 0.721 bits per heavy atom. The molecule has 0 atom stereocenters. The minimum absolute atomic E-state index is 0.107. The van der Waals surface area contributed by atoms with Crippen LogP contribution in [0.5, 0.6) is 0 Å². The molecule has 0 N–H and O–H groups in total. The van der Waals surface area contributed by atoms with E-state index < -0.39 is 0 Å². The van der Waals surface area contributed by atoms with E-state index >= 15 is 0 Å². The largest absolute Gasteiger partial charge is 0.310 e. The van der Waals surface area contributed by atoms with Crippen molar-refractivity contribution < 1.29 is 0 Å². The molecule has 0 bridgehead atoms. The van der Waals surface area contributed by atoms with E-state index in [1.807, 2.05) is 0 Å². The van der Waals surface area contributed by atoms with Gasteiger partial charge in [-0.3, -0.25) is 0 Å². The van der Waals surface area contributed by atoms with Crippen molar-refractivity contribution in [2.45, 2.75) is 38.5 Å². The lowest BCUT2D eigenvalue weighted by Gasteiger charge is -2.28. The molecular weight excluding hydrogens is 821 g/mol. The molecule has 0 fully saturated rings. The minimum Gasteiger partial charge on any atom is -0.310 e. The lowest BCUT2D eigenvalue weighted by atomic mass is 9.82. The van der Waals surface area contributed by atoms with Gasteiger partial charge in [0.2, 0.25) is 0 Å². The van der Waals surface area contributed by atoms with Crippen molar-refractivity contribution in [1.82, 2.24) is 4.57 Å². The maximum absolute atomic E-state index is 2.48. The van der Waals surface area contributed by atoms with Crippen LogP contribution in [-0.4, -0.2) is 4.57 Å². The molecule has 0 aliphatic heterocycles. The number of hydrogen-bond acceptors (Lipinski definition) is 1. The molecule has 10 aromatic carbocycles. The summed E-state index contributed by atoms with van der Waals surface area (Å²) >= 11 is 0. The molecule has 13 rings (SSSR count). The number of anilines is 3. The highest BCUT2D eigenvalue weighted by molar-refractivity contribution is 6.13. The Kier molecular flexibility index (Phi) is 8.95. The molecule has 11 aromatic rings. The van der Waals surface area contributed by atoms with E-state index in [2.05, 4.69) is 268 Å². The van der Waals surface area contributed by atoms with Crippen LogP contribution >= 0.6 is 0 Å². The summed E-state index contributed by atoms with van der Waals surface area (Å²) in [6.07, 6.45) is 0. The predicted molar refractivity (Wildman–Crippen MR) is 287 cm³/mol. The summed E-state index contributed by atoms with van der Waals surface area (Å²) in [5.41, 5.74) is 24.8. The first-order chi connectivity index (χ1) is 33.2. The summed E-state index contributed by atoms with van der Waals surface area (Å²) in [7, 11) is 0. The van der Waals surface area contributed by atoms with E-state index in [9.17, 15) is 0 Å². The molecule has 0 saturated carbocycles. The monoisotopic (exact) mass is 870 g/mol. The van der Waals surface area contributed by atoms with Crippen molar-refractivity contribution in [2.24, 2.45) is 0 Å². The Morgan fingerprint density at radius 3 is 1.31 bits per heavy atom. The van der Waals surface area contributed by atoms with E-state index in [4.69, 9.17) is 0 Å². The fraction of sp³-hybridized carbons (Fsp3) is 0.0909. The first-order valence-corrected chi connectivity index (χ1v) is 23.9. The zero-order valence-corrected chi connectivity index (χ0v) is 38.8. The number of nitrogens with zero attached hydrogens (tertiary/aromatic N) is 2. The van der Waals surface area contributed by atoms with Gasteiger partial charge in [-0.1, -0.05) is 185 Å². The van der Waals surface area contributed by atoms with Gasteiger partial charge in [-0.05, 0) is 151 Å². The first kappa shape index (κ1) is 40.1. The molecule has 2 heteroatoms. The van der Waals surface area contributed by atoms with Gasteiger partial charge in [-0.25, -0.2) is 0 Å². The quantitative estimate of drug-likeness (QED) is 0.155. The standard InChI is InChI=1S/C66H50N2/c1-65(2)59-21-13-11-19-53(59)55-37-36-52(40-61(55)65)67(49-30-23-45(24-31-49)43-15-7-5-8-16-43)50-32-27-47(28-33-50)48-29-38-63-57(39-48)58-41-56-54-20-12-14-22-60(54)66(3,4)62(56)42-64(58)68(63)51-34-25-46(26-35-51)44-17-9-6-10-18-44/h5-42H,1-4H3. The van der Waals surface area contributed by atoms with E-state index in [0.29, 0.717) is 0 Å². The van der Waals surface area contributed by atoms with Gasteiger partial charge in [0, 0.05) is 44.4 Å². The highest BCUT2D eigenvalue weighted by atomic mass is 15.1. The molecule has 1 aromatic heterocycles. The maximum atomic E-state index is 2.48. The molecular formula is C66H50N2. The number of hydrogen-bond donors (Lipinski definition) is 0. The van der Waals surface area contributed by atoms with E-state index in [1.165, 1.54) is 99.7 Å². The predicted octanol–water partition coefficient (Wildman–Crippen LogP) is 17.9. The lowest BCUT2D eigenvalue weighted by Crippen LogP contribution is -2.16. The van der Waals surface area contributed by atoms with E-state index in [-0.39, 0.29) is 10.8 Å². The van der Waals surface area contributed by atoms with Gasteiger partial charge in [-0.15, -0.1) is 0 Å². The van der Waals surface area contributed by atoms with E-state index in [0.717, 1.165) is 22.7 Å². The lowest BCUT2D eigenvalue weighted by molar-refractivity contribution is 0.660. The summed E-state index contributed by atoms with van der Waals surface area (Å²) in [5.74, 6) is 0. The summed E-state index contributed by atoms with van der Waals surface area (Å²) in [6.45, 7) is 9.46. The molecule has 324 valence electrons. The smallest absolute Gasteiger partial charge is 0.0544 e. The van der Waals surface area contributed by atoms with Crippen LogP contribution in [0.15, 0.2) is 231 Å². The van der Waals surface area contributed by atoms with Crippen molar-refractivity contribution in [3.63, 3.8) is 0 Å². The molecule has 0 radical (unpaired) electrons. The first-order valence-electron chi connectivity index (χ1n) is 23.9. The zero-order valence-electron chi connectivity index (χ0n) is 38.8. The summed E-state index contributed by atoms with van der Waals surface area (Å²) < 4.78 is 2.48. The van der Waals surface area contributed by atoms with Gasteiger partial charge in [-0.2, -0.15) is 0 Å². The number of fused-ring (bicyclic) bond motifs is 9. The average Bonchev–Trinajstić information content (AvgIpc) is 3.92. The molecule has 2 aliphatic rings. The van der Waals surface area contributed by atoms with E-state index in [1.54, 1.807) is 0 Å². The molecule has 0 unspecified atom stereocenters. The van der Waals surface area contributed by atoms with Crippen LogP contribution < -0.4 is 4.90 Å². The molecule has 1 heterocycles. The zero-order chi connectivity index (χ0) is 45.7. The fourth-order valence-corrected chi connectivity index (χ4v) is 11.6. The highest BCUT2D eigenvalue weighted by Gasteiger charge is 2.37. The third-order valence-corrected chi connectivity index (χ3v) is 15.2. The normalized spacial score (nSPS) is 13.8. The number of rotatable bonds is 7. The average molecular weight is 871 g/mol. The highest BCUT2D eigenvalue weighted by Crippen LogP contribution is 2.53. The van der Waals surface area contributed by atoms with Crippen LogP contribution in [0.1, 0.15) is 49.9 Å². The van der Waals surface area contributed by atoms with Crippen LogP contribution in [-0.2, 0) is 10.8 Å². The van der Waals surface area contributed by atoms with Crippen molar-refractivity contribution in [3.8, 4) is 61.3 Å². The van der Waals surface area contributed by atoms with Gasteiger partial charge in [0.25, 0.3) is 0 Å². The summed E-state index contributed by atoms with van der Waals surface area (Å²) in [6, 6.07) is 85.5. The molecule has 68 heavy (non-hydrogen) atoms. The van der Waals surface area contributed by atoms with Crippen molar-refractivity contribution >= 4 is 38.9 Å². The Balaban J connectivity index is 0.932. The third-order valence-electron chi connectivity index (χ3n) is 15.2. The summed E-state index contributed by atoms with van der Waals surface area (Å²) in [5, 5.41) is 2.52. The van der Waals surface area contributed by atoms with Crippen LogP contribution in [0.2, 0.25) is 0 Å². The Labute approximate surface area is 399 Å². The van der Waals surface area contributed by atoms with Crippen LogP contribution in [0.25, 0.3) is 83.1 Å². The molecule has 0 amide bonds. The van der Waals surface area contributed by atoms with Gasteiger partial charge < -0.3 is 9.47 Å². The van der Waals surface area contributed by atoms with Gasteiger partial charge in [0.05, 0.1) is 11.0 Å². The number of benzene rings is 10. The van der Waals surface area contributed by atoms with Gasteiger partial charge in [0.1, 0.15) is 0 Å². The number of aromatic nitrogens is 1. The van der Waals surface area contributed by atoms with Crippen molar-refractivity contribution in [2.75, 3.05) is 4.90 Å². The topological polar surface area (TPSA) is 8.17 Å². The molecule has 0 spiro atoms. The minimum atomic E-state index is -0.109. The molecule has 2 aliphatic carbocycles. The van der Waals surface area contributed by atoms with Crippen LogP contribution in [0.4, 0.5) is 17.1 Å². The van der Waals surface area contributed by atoms with Gasteiger partial charge in [0.15, 0.2) is 0 Å². The second kappa shape index (κ2) is 15.2. The van der Waals surface area contributed by atoms with Crippen LogP contribution in [0.3, 0.4) is 0 Å². The second-order valence-corrected chi connectivity index (χ2v) is 19.8. The molecule has 2 nitrogen and oxygen atoms in total. The maximum Gasteiger partial charge on any atom is 0.0544 e. The van der Waals surface area contributed by atoms with Crippen molar-refractivity contribution in [3.05, 3.63) is 253 Å². The Morgan fingerprint density at radius 1 is 0.294 bits per heavy atom. The fourth-order valence-electron chi connectivity index (χ4n) is 11.6. The SMILES string of the molecule is CC1(C)c2ccccc2-c2ccc(N(c3ccc(-c4ccccc4)cc3)c3ccc(-c4ccc5c(c4)c4cc6c(cc4n5-c4ccc(-c5ccccc5)cc4)C(C)(C)c4ccccc4-6)cc3)cc21. The van der Waals surface area contributed by atoms with Crippen molar-refractivity contribution in [1.29, 1.82) is 0 Å². The Hall–Kier alpha value is -8.20. The van der Waals surface area contributed by atoms with Gasteiger partial charge >= 0.3 is 0 Å². The third kappa shape index (κ3) is 6.17. The van der Waals surface area contributed by atoms with Crippen LogP contribution in [0, 0.1) is 0 Å². The Bertz CT molecular complexity index is 3740. The second-order valence-electron chi connectivity index (χ2n) is 19.8. The summed E-state index contributed by atoms with van der Waals surface area (Å²) in [4.78, 5) is 2.41.